The zero-order valence-electron chi connectivity index (χ0n) is 17.8. The highest BCUT2D eigenvalue weighted by atomic mass is 35.5. The molecule has 0 aliphatic carbocycles. The van der Waals surface area contributed by atoms with Crippen molar-refractivity contribution in [3.05, 3.63) is 86.1 Å². The number of carbonyl (C=O) groups excluding carboxylic acids is 1. The summed E-state index contributed by atoms with van der Waals surface area (Å²) in [6, 6.07) is 10.7. The monoisotopic (exact) mass is 536 g/mol. The Kier molecular flexibility index (Phi) is 7.37. The van der Waals surface area contributed by atoms with E-state index in [4.69, 9.17) is 34.8 Å². The SMILES string of the molecule is Cc1cc(C)nc(SCc2c(C(=O)Nc3ccc(F)c(Cl)c3)nnn2-c2cc(Cl)cc(Cl)c2)n1. The van der Waals surface area contributed by atoms with E-state index in [1.54, 1.807) is 18.2 Å². The number of hydrogen-bond donors (Lipinski definition) is 1. The van der Waals surface area contributed by atoms with Gasteiger partial charge in [0.15, 0.2) is 10.9 Å². The Morgan fingerprint density at radius 2 is 1.71 bits per heavy atom. The van der Waals surface area contributed by atoms with Crippen molar-refractivity contribution in [2.75, 3.05) is 5.32 Å². The maximum Gasteiger partial charge on any atom is 0.278 e. The molecular weight excluding hydrogens is 522 g/mol. The number of rotatable bonds is 6. The summed E-state index contributed by atoms with van der Waals surface area (Å²) in [5, 5.41) is 12.2. The third-order valence-electron chi connectivity index (χ3n) is 4.55. The van der Waals surface area contributed by atoms with E-state index in [1.165, 1.54) is 28.6 Å². The van der Waals surface area contributed by atoms with Crippen molar-refractivity contribution in [2.24, 2.45) is 0 Å². The molecule has 2 aromatic heterocycles. The van der Waals surface area contributed by atoms with Gasteiger partial charge in [0, 0.05) is 32.9 Å². The fourth-order valence-corrected chi connectivity index (χ4v) is 4.77. The molecule has 174 valence electrons. The van der Waals surface area contributed by atoms with Crippen LogP contribution in [0.5, 0.6) is 0 Å². The van der Waals surface area contributed by atoms with Crippen LogP contribution in [0.1, 0.15) is 27.6 Å². The van der Waals surface area contributed by atoms with Crippen molar-refractivity contribution in [3.8, 4) is 5.69 Å². The number of aryl methyl sites for hydroxylation is 2. The molecule has 12 heteroatoms. The van der Waals surface area contributed by atoms with Gasteiger partial charge in [-0.25, -0.2) is 19.0 Å². The predicted octanol–water partition coefficient (Wildman–Crippen LogP) is 6.32. The van der Waals surface area contributed by atoms with E-state index in [1.807, 2.05) is 19.9 Å². The molecule has 7 nitrogen and oxygen atoms in total. The van der Waals surface area contributed by atoms with Crippen LogP contribution in [0.25, 0.3) is 5.69 Å². The molecule has 0 fully saturated rings. The van der Waals surface area contributed by atoms with Crippen molar-refractivity contribution in [1.29, 1.82) is 0 Å². The zero-order valence-corrected chi connectivity index (χ0v) is 20.9. The van der Waals surface area contributed by atoms with Gasteiger partial charge < -0.3 is 5.32 Å². The normalized spacial score (nSPS) is 11.0. The van der Waals surface area contributed by atoms with Gasteiger partial charge in [0.1, 0.15) is 5.82 Å². The summed E-state index contributed by atoms with van der Waals surface area (Å²) in [5.74, 6) is -0.861. The van der Waals surface area contributed by atoms with Crippen LogP contribution >= 0.6 is 46.6 Å². The predicted molar refractivity (Wildman–Crippen MR) is 132 cm³/mol. The molecule has 1 N–H and O–H groups in total. The molecular formula is C22H16Cl3FN6OS. The number of amides is 1. The lowest BCUT2D eigenvalue weighted by molar-refractivity contribution is 0.102. The molecule has 0 bridgehead atoms. The van der Waals surface area contributed by atoms with Crippen molar-refractivity contribution in [1.82, 2.24) is 25.0 Å². The molecule has 34 heavy (non-hydrogen) atoms. The largest absolute Gasteiger partial charge is 0.320 e. The minimum absolute atomic E-state index is 0.0634. The van der Waals surface area contributed by atoms with E-state index in [0.29, 0.717) is 32.3 Å². The Morgan fingerprint density at radius 3 is 2.35 bits per heavy atom. The van der Waals surface area contributed by atoms with Gasteiger partial charge in [-0.1, -0.05) is 51.8 Å². The van der Waals surface area contributed by atoms with Gasteiger partial charge >= 0.3 is 0 Å². The molecule has 2 heterocycles. The van der Waals surface area contributed by atoms with E-state index in [0.717, 1.165) is 17.5 Å². The lowest BCUT2D eigenvalue weighted by Crippen LogP contribution is -2.15. The highest BCUT2D eigenvalue weighted by molar-refractivity contribution is 7.98. The van der Waals surface area contributed by atoms with Gasteiger partial charge in [0.25, 0.3) is 5.91 Å². The fourth-order valence-electron chi connectivity index (χ4n) is 3.13. The summed E-state index contributed by atoms with van der Waals surface area (Å²) >= 11 is 19.5. The Labute approximate surface area is 213 Å². The van der Waals surface area contributed by atoms with Crippen LogP contribution < -0.4 is 5.32 Å². The second kappa shape index (κ2) is 10.3. The summed E-state index contributed by atoms with van der Waals surface area (Å²) in [6.07, 6.45) is 0. The van der Waals surface area contributed by atoms with Crippen molar-refractivity contribution < 1.29 is 9.18 Å². The number of halogens is 4. The number of aromatic nitrogens is 5. The molecule has 0 aliphatic rings. The summed E-state index contributed by atoms with van der Waals surface area (Å²) in [7, 11) is 0. The second-order valence-corrected chi connectivity index (χ2v) is 9.45. The Bertz CT molecular complexity index is 1360. The molecule has 0 spiro atoms. The number of thioether (sulfide) groups is 1. The molecule has 0 radical (unpaired) electrons. The van der Waals surface area contributed by atoms with E-state index in [2.05, 4.69) is 25.6 Å². The molecule has 1 amide bonds. The van der Waals surface area contributed by atoms with Crippen molar-refractivity contribution in [3.63, 3.8) is 0 Å². The van der Waals surface area contributed by atoms with Crippen LogP contribution in [0.2, 0.25) is 15.1 Å². The first-order valence-corrected chi connectivity index (χ1v) is 11.9. The van der Waals surface area contributed by atoms with Crippen LogP contribution in [0.15, 0.2) is 47.6 Å². The van der Waals surface area contributed by atoms with Gasteiger partial charge in [-0.15, -0.1) is 5.10 Å². The number of nitrogens with zero attached hydrogens (tertiary/aromatic N) is 5. The van der Waals surface area contributed by atoms with Gasteiger partial charge in [-0.2, -0.15) is 0 Å². The van der Waals surface area contributed by atoms with Gasteiger partial charge in [0.05, 0.1) is 16.4 Å². The molecule has 0 unspecified atom stereocenters. The number of hydrogen-bond acceptors (Lipinski definition) is 6. The van der Waals surface area contributed by atoms with Crippen LogP contribution in [0.3, 0.4) is 0 Å². The van der Waals surface area contributed by atoms with E-state index >= 15 is 0 Å². The third-order valence-corrected chi connectivity index (χ3v) is 6.13. The van der Waals surface area contributed by atoms with Crippen LogP contribution in [-0.2, 0) is 5.75 Å². The first-order chi connectivity index (χ1) is 16.2. The summed E-state index contributed by atoms with van der Waals surface area (Å²) < 4.78 is 15.0. The van der Waals surface area contributed by atoms with Gasteiger partial charge in [-0.05, 0) is 56.3 Å². The Balaban J connectivity index is 1.71. The smallest absolute Gasteiger partial charge is 0.278 e. The average Bonchev–Trinajstić information content (AvgIpc) is 3.18. The quantitative estimate of drug-likeness (QED) is 0.229. The minimum Gasteiger partial charge on any atom is -0.320 e. The zero-order chi connectivity index (χ0) is 24.4. The molecule has 2 aromatic carbocycles. The van der Waals surface area contributed by atoms with Gasteiger partial charge in [0.2, 0.25) is 0 Å². The lowest BCUT2D eigenvalue weighted by Gasteiger charge is -2.10. The molecule has 0 aliphatic heterocycles. The van der Waals surface area contributed by atoms with E-state index in [9.17, 15) is 9.18 Å². The van der Waals surface area contributed by atoms with Crippen LogP contribution in [-0.4, -0.2) is 30.9 Å². The number of benzene rings is 2. The summed E-state index contributed by atoms with van der Waals surface area (Å²) in [6.45, 7) is 3.76. The molecule has 4 rings (SSSR count). The van der Waals surface area contributed by atoms with Crippen LogP contribution in [0.4, 0.5) is 10.1 Å². The molecule has 0 saturated heterocycles. The maximum absolute atomic E-state index is 13.5. The Morgan fingerprint density at radius 1 is 1.03 bits per heavy atom. The number of anilines is 1. The third kappa shape index (κ3) is 5.67. The average molecular weight is 538 g/mol. The maximum atomic E-state index is 13.5. The number of carbonyl (C=O) groups is 1. The summed E-state index contributed by atoms with van der Waals surface area (Å²) in [4.78, 5) is 21.9. The fraction of sp³-hybridized carbons (Fsp3) is 0.136. The number of nitrogens with one attached hydrogen (secondary N) is 1. The first-order valence-electron chi connectivity index (χ1n) is 9.82. The standard InChI is InChI=1S/C22H16Cl3FN6OS/c1-11-5-12(2)28-22(27-11)34-10-19-20(21(33)29-15-3-4-18(26)17(25)9-15)30-31-32(19)16-7-13(23)6-14(24)8-16/h3-9H,10H2,1-2H3,(H,29,33). The highest BCUT2D eigenvalue weighted by Crippen LogP contribution is 2.27. The lowest BCUT2D eigenvalue weighted by atomic mass is 10.2. The first kappa shape index (κ1) is 24.4. The van der Waals surface area contributed by atoms with Crippen LogP contribution in [0, 0.1) is 19.7 Å². The minimum atomic E-state index is -0.589. The van der Waals surface area contributed by atoms with Crippen molar-refractivity contribution in [2.45, 2.75) is 24.8 Å². The highest BCUT2D eigenvalue weighted by Gasteiger charge is 2.22. The molecule has 0 saturated carbocycles. The molecule has 4 aromatic rings. The van der Waals surface area contributed by atoms with Crippen molar-refractivity contribution >= 4 is 58.2 Å². The van der Waals surface area contributed by atoms with E-state index in [-0.39, 0.29) is 16.5 Å². The van der Waals surface area contributed by atoms with Gasteiger partial charge in [-0.3, -0.25) is 4.79 Å². The Hall–Kier alpha value is -2.72. The molecule has 0 atom stereocenters. The second-order valence-electron chi connectivity index (χ2n) is 7.23. The summed E-state index contributed by atoms with van der Waals surface area (Å²) in [5.41, 5.74) is 3.04. The topological polar surface area (TPSA) is 85.6 Å². The van der Waals surface area contributed by atoms with E-state index < -0.39 is 11.7 Å².